The van der Waals surface area contributed by atoms with E-state index in [0.29, 0.717) is 5.92 Å². The fourth-order valence-corrected chi connectivity index (χ4v) is 3.16. The quantitative estimate of drug-likeness (QED) is 0.685. The highest BCUT2D eigenvalue weighted by atomic mass is 35.5. The van der Waals surface area contributed by atoms with Gasteiger partial charge >= 0.3 is 0 Å². The second-order valence-corrected chi connectivity index (χ2v) is 5.45. The first-order valence-corrected chi connectivity index (χ1v) is 6.58. The summed E-state index contributed by atoms with van der Waals surface area (Å²) in [6.45, 7) is 0. The zero-order valence-electron chi connectivity index (χ0n) is 9.67. The van der Waals surface area contributed by atoms with Crippen molar-refractivity contribution in [1.29, 1.82) is 0 Å². The van der Waals surface area contributed by atoms with Gasteiger partial charge in [-0.05, 0) is 25.3 Å². The van der Waals surface area contributed by atoms with E-state index in [4.69, 9.17) is 11.6 Å². The van der Waals surface area contributed by atoms with Crippen molar-refractivity contribution in [3.63, 3.8) is 0 Å². The number of aromatic nitrogens is 5. The molecule has 92 valence electrons. The zero-order chi connectivity index (χ0) is 12.1. The van der Waals surface area contributed by atoms with Gasteiger partial charge in [0.2, 0.25) is 0 Å². The molecule has 3 aromatic rings. The van der Waals surface area contributed by atoms with Crippen LogP contribution >= 0.6 is 11.6 Å². The third kappa shape index (κ3) is 1.37. The highest BCUT2D eigenvalue weighted by molar-refractivity contribution is 6.20. The Balaban J connectivity index is 1.97. The molecule has 0 radical (unpaired) electrons. The predicted octanol–water partition coefficient (Wildman–Crippen LogP) is 2.48. The second-order valence-electron chi connectivity index (χ2n) is 4.83. The van der Waals surface area contributed by atoms with Gasteiger partial charge in [-0.2, -0.15) is 0 Å². The Morgan fingerprint density at radius 3 is 3.11 bits per heavy atom. The van der Waals surface area contributed by atoms with E-state index < -0.39 is 0 Å². The lowest BCUT2D eigenvalue weighted by atomic mass is 10.1. The lowest BCUT2D eigenvalue weighted by Gasteiger charge is -2.07. The number of fused-ring (bicyclic) bond motifs is 3. The summed E-state index contributed by atoms with van der Waals surface area (Å²) >= 11 is 6.20. The number of alkyl halides is 1. The van der Waals surface area contributed by atoms with Crippen LogP contribution in [0.2, 0.25) is 0 Å². The number of halogens is 1. The van der Waals surface area contributed by atoms with Gasteiger partial charge in [-0.3, -0.25) is 4.40 Å². The molecule has 3 aromatic heterocycles. The molecular formula is C12H12ClN5. The summed E-state index contributed by atoms with van der Waals surface area (Å²) in [5.41, 5.74) is 2.70. The van der Waals surface area contributed by atoms with Gasteiger partial charge in [0.1, 0.15) is 5.82 Å². The molecule has 0 amide bonds. The first-order chi connectivity index (χ1) is 8.83. The van der Waals surface area contributed by atoms with Crippen LogP contribution in [0.3, 0.4) is 0 Å². The summed E-state index contributed by atoms with van der Waals surface area (Å²) in [6.07, 6.45) is 6.77. The normalized spacial score (nSPS) is 24.3. The average Bonchev–Trinajstić information content (AvgIpc) is 3.03. The van der Waals surface area contributed by atoms with Gasteiger partial charge in [0.05, 0.1) is 11.7 Å². The fourth-order valence-electron chi connectivity index (χ4n) is 2.82. The van der Waals surface area contributed by atoms with Gasteiger partial charge in [-0.25, -0.2) is 4.98 Å². The lowest BCUT2D eigenvalue weighted by molar-refractivity contribution is 0.663. The van der Waals surface area contributed by atoms with Gasteiger partial charge in [0.25, 0.3) is 0 Å². The zero-order valence-corrected chi connectivity index (χ0v) is 10.4. The van der Waals surface area contributed by atoms with Crippen LogP contribution < -0.4 is 0 Å². The molecular weight excluding hydrogens is 250 g/mol. The molecule has 1 saturated carbocycles. The van der Waals surface area contributed by atoms with Crippen molar-refractivity contribution >= 4 is 28.4 Å². The topological polar surface area (TPSA) is 58.9 Å². The van der Waals surface area contributed by atoms with Crippen LogP contribution in [0.5, 0.6) is 0 Å². The third-order valence-corrected chi connectivity index (χ3v) is 4.10. The molecule has 2 atom stereocenters. The van der Waals surface area contributed by atoms with Gasteiger partial charge < -0.3 is 4.98 Å². The average molecular weight is 262 g/mol. The smallest absolute Gasteiger partial charge is 0.179 e. The molecule has 0 unspecified atom stereocenters. The molecule has 1 fully saturated rings. The van der Waals surface area contributed by atoms with Crippen molar-refractivity contribution in [2.75, 3.05) is 0 Å². The number of aromatic amines is 1. The maximum Gasteiger partial charge on any atom is 0.179 e. The van der Waals surface area contributed by atoms with Gasteiger partial charge in [0, 0.05) is 17.5 Å². The molecule has 3 heterocycles. The Hall–Kier alpha value is -1.62. The maximum atomic E-state index is 6.20. The summed E-state index contributed by atoms with van der Waals surface area (Å²) in [5.74, 6) is 1.42. The Morgan fingerprint density at radius 1 is 1.33 bits per heavy atom. The fraction of sp³-hybridized carbons (Fsp3) is 0.417. The summed E-state index contributed by atoms with van der Waals surface area (Å²) in [5, 5.41) is 8.82. The molecule has 0 aromatic carbocycles. The molecule has 1 aliphatic rings. The highest BCUT2D eigenvalue weighted by Gasteiger charge is 2.28. The number of nitrogens with zero attached hydrogens (tertiary/aromatic N) is 4. The van der Waals surface area contributed by atoms with Crippen LogP contribution in [-0.2, 0) is 0 Å². The molecule has 6 heteroatoms. The third-order valence-electron chi connectivity index (χ3n) is 3.70. The van der Waals surface area contributed by atoms with E-state index in [9.17, 15) is 0 Å². The number of rotatable bonds is 1. The monoisotopic (exact) mass is 261 g/mol. The summed E-state index contributed by atoms with van der Waals surface area (Å²) in [4.78, 5) is 7.43. The Labute approximate surface area is 108 Å². The molecule has 0 spiro atoms. The number of H-pyrrole nitrogens is 1. The van der Waals surface area contributed by atoms with Crippen LogP contribution in [0.4, 0.5) is 0 Å². The largest absolute Gasteiger partial charge is 0.345 e. The van der Waals surface area contributed by atoms with E-state index in [1.165, 1.54) is 0 Å². The standard InChI is InChI=1S/C12H12ClN5/c13-8-2-1-7(5-8)12-17-16-10-6-15-11-9(18(10)12)3-4-14-11/h3-4,6-8,14H,1-2,5H2/t7-,8-/m1/s1. The molecule has 1 N–H and O–H groups in total. The van der Waals surface area contributed by atoms with E-state index in [2.05, 4.69) is 24.6 Å². The highest BCUT2D eigenvalue weighted by Crippen LogP contribution is 2.36. The Bertz CT molecular complexity index is 715. The van der Waals surface area contributed by atoms with E-state index in [-0.39, 0.29) is 5.38 Å². The van der Waals surface area contributed by atoms with Crippen molar-refractivity contribution in [2.24, 2.45) is 0 Å². The molecule has 4 rings (SSSR count). The molecule has 0 bridgehead atoms. The van der Waals surface area contributed by atoms with Crippen molar-refractivity contribution in [3.05, 3.63) is 24.3 Å². The predicted molar refractivity (Wildman–Crippen MR) is 68.9 cm³/mol. The number of nitrogens with one attached hydrogen (secondary N) is 1. The Kier molecular flexibility index (Phi) is 2.11. The number of hydrogen-bond acceptors (Lipinski definition) is 3. The van der Waals surface area contributed by atoms with Gasteiger partial charge in [0.15, 0.2) is 11.3 Å². The maximum absolute atomic E-state index is 6.20. The first-order valence-electron chi connectivity index (χ1n) is 6.14. The Morgan fingerprint density at radius 2 is 2.28 bits per heavy atom. The minimum absolute atomic E-state index is 0.269. The first kappa shape index (κ1) is 10.3. The van der Waals surface area contributed by atoms with Crippen molar-refractivity contribution in [1.82, 2.24) is 24.6 Å². The summed E-state index contributed by atoms with van der Waals surface area (Å²) < 4.78 is 2.10. The van der Waals surface area contributed by atoms with E-state index in [1.54, 1.807) is 6.20 Å². The summed E-state index contributed by atoms with van der Waals surface area (Å²) in [6, 6.07) is 2.01. The van der Waals surface area contributed by atoms with Crippen LogP contribution in [-0.4, -0.2) is 29.9 Å². The van der Waals surface area contributed by atoms with Crippen molar-refractivity contribution in [2.45, 2.75) is 30.6 Å². The van der Waals surface area contributed by atoms with E-state index >= 15 is 0 Å². The number of hydrogen-bond donors (Lipinski definition) is 1. The van der Waals surface area contributed by atoms with E-state index in [0.717, 1.165) is 41.9 Å². The van der Waals surface area contributed by atoms with Crippen molar-refractivity contribution in [3.8, 4) is 0 Å². The van der Waals surface area contributed by atoms with Crippen molar-refractivity contribution < 1.29 is 0 Å². The van der Waals surface area contributed by atoms with E-state index in [1.807, 2.05) is 12.3 Å². The van der Waals surface area contributed by atoms with Gasteiger partial charge in [-0.1, -0.05) is 0 Å². The minimum atomic E-state index is 0.269. The molecule has 5 nitrogen and oxygen atoms in total. The van der Waals surface area contributed by atoms with Gasteiger partial charge in [-0.15, -0.1) is 21.8 Å². The molecule has 0 saturated heterocycles. The van der Waals surface area contributed by atoms with Crippen LogP contribution in [0, 0.1) is 0 Å². The second kappa shape index (κ2) is 3.68. The lowest BCUT2D eigenvalue weighted by Crippen LogP contribution is -2.02. The SMILES string of the molecule is Cl[C@@H]1CC[C@@H](c2nnc3cnc4[nH]ccc4n23)C1. The molecule has 0 aliphatic heterocycles. The van der Waals surface area contributed by atoms with Crippen LogP contribution in [0.1, 0.15) is 31.0 Å². The molecule has 18 heavy (non-hydrogen) atoms. The summed E-state index contributed by atoms with van der Waals surface area (Å²) in [7, 11) is 0. The minimum Gasteiger partial charge on any atom is -0.345 e. The van der Waals surface area contributed by atoms with Crippen LogP contribution in [0.25, 0.3) is 16.8 Å². The molecule has 1 aliphatic carbocycles. The van der Waals surface area contributed by atoms with Crippen LogP contribution in [0.15, 0.2) is 18.5 Å².